The molecule has 0 saturated carbocycles. The van der Waals surface area contributed by atoms with Crippen LogP contribution < -0.4 is 0 Å². The molecule has 4 aromatic carbocycles. The van der Waals surface area contributed by atoms with Gasteiger partial charge in [0, 0.05) is 31.3 Å². The summed E-state index contributed by atoms with van der Waals surface area (Å²) >= 11 is 1.81. The highest BCUT2D eigenvalue weighted by Crippen LogP contribution is 2.43. The van der Waals surface area contributed by atoms with Crippen molar-refractivity contribution in [3.05, 3.63) is 115 Å². The first-order valence-electron chi connectivity index (χ1n) is 10.8. The maximum Gasteiger partial charge on any atom is 0.0991 e. The SMILES string of the molecule is N#Cc1ccc(-c2cccc3c2sc2c(-c4cccc(-c5ccccc5)n4)cccc23)cc1. The molecule has 3 heteroatoms. The molecule has 6 rings (SSSR count). The fourth-order valence-corrected chi connectivity index (χ4v) is 5.69. The molecule has 2 heterocycles. The summed E-state index contributed by atoms with van der Waals surface area (Å²) in [5, 5.41) is 11.6. The van der Waals surface area contributed by atoms with Crippen LogP contribution in [-0.2, 0) is 0 Å². The van der Waals surface area contributed by atoms with Crippen molar-refractivity contribution < 1.29 is 0 Å². The van der Waals surface area contributed by atoms with Crippen molar-refractivity contribution in [2.24, 2.45) is 0 Å². The van der Waals surface area contributed by atoms with Gasteiger partial charge in [-0.25, -0.2) is 4.98 Å². The third-order valence-corrected chi connectivity index (χ3v) is 7.23. The Labute approximate surface area is 196 Å². The van der Waals surface area contributed by atoms with Gasteiger partial charge in [0.15, 0.2) is 0 Å². The van der Waals surface area contributed by atoms with Gasteiger partial charge < -0.3 is 0 Å². The van der Waals surface area contributed by atoms with Crippen molar-refractivity contribution in [3.63, 3.8) is 0 Å². The normalized spacial score (nSPS) is 11.0. The largest absolute Gasteiger partial charge is 0.248 e. The van der Waals surface area contributed by atoms with Gasteiger partial charge in [-0.3, -0.25) is 0 Å². The van der Waals surface area contributed by atoms with Crippen LogP contribution in [0.1, 0.15) is 5.56 Å². The molecule has 2 aromatic heterocycles. The predicted octanol–water partition coefficient (Wildman–Crippen LogP) is 8.32. The molecule has 154 valence electrons. The third-order valence-electron chi connectivity index (χ3n) is 5.94. The summed E-state index contributed by atoms with van der Waals surface area (Å²) in [5.41, 5.74) is 7.21. The van der Waals surface area contributed by atoms with Gasteiger partial charge in [-0.2, -0.15) is 5.26 Å². The van der Waals surface area contributed by atoms with E-state index in [9.17, 15) is 0 Å². The number of nitriles is 1. The zero-order valence-corrected chi connectivity index (χ0v) is 18.5. The zero-order chi connectivity index (χ0) is 22.2. The fraction of sp³-hybridized carbons (Fsp3) is 0. The van der Waals surface area contributed by atoms with E-state index in [-0.39, 0.29) is 0 Å². The summed E-state index contributed by atoms with van der Waals surface area (Å²) in [6.45, 7) is 0. The van der Waals surface area contributed by atoms with Crippen LogP contribution in [0.25, 0.3) is 53.8 Å². The molecule has 0 bridgehead atoms. The van der Waals surface area contributed by atoms with E-state index in [0.717, 1.165) is 28.1 Å². The van der Waals surface area contributed by atoms with Gasteiger partial charge in [0.25, 0.3) is 0 Å². The number of thiophene rings is 1. The standard InChI is InChI=1S/C30H18N2S/c31-19-20-15-17-21(18-16-20)23-9-4-10-24-25-11-5-12-26(30(25)33-29(23)24)28-14-6-13-27(32-28)22-7-2-1-3-8-22/h1-18H. The third kappa shape index (κ3) is 3.38. The fourth-order valence-electron chi connectivity index (χ4n) is 4.33. The summed E-state index contributed by atoms with van der Waals surface area (Å²) in [6, 6.07) is 39.5. The van der Waals surface area contributed by atoms with E-state index in [1.165, 1.54) is 25.7 Å². The maximum atomic E-state index is 9.14. The Kier molecular flexibility index (Phi) is 4.72. The molecule has 0 atom stereocenters. The minimum absolute atomic E-state index is 0.675. The number of aromatic nitrogens is 1. The Morgan fingerprint density at radius 1 is 0.545 bits per heavy atom. The molecule has 0 unspecified atom stereocenters. The Bertz CT molecular complexity index is 1660. The molecule has 0 spiro atoms. The van der Waals surface area contributed by atoms with Crippen molar-refractivity contribution in [1.29, 1.82) is 5.26 Å². The second-order valence-electron chi connectivity index (χ2n) is 7.93. The highest BCUT2D eigenvalue weighted by molar-refractivity contribution is 7.26. The van der Waals surface area contributed by atoms with Gasteiger partial charge in [0.1, 0.15) is 0 Å². The maximum absolute atomic E-state index is 9.14. The predicted molar refractivity (Wildman–Crippen MR) is 138 cm³/mol. The average molecular weight is 439 g/mol. The molecule has 0 aliphatic rings. The molecule has 0 aliphatic heterocycles. The highest BCUT2D eigenvalue weighted by atomic mass is 32.1. The first-order chi connectivity index (χ1) is 16.3. The first kappa shape index (κ1) is 19.4. The van der Waals surface area contributed by atoms with Crippen LogP contribution in [0.15, 0.2) is 109 Å². The Hall–Kier alpha value is -4.26. The molecule has 0 amide bonds. The second-order valence-corrected chi connectivity index (χ2v) is 8.95. The lowest BCUT2D eigenvalue weighted by Gasteiger charge is -2.06. The minimum atomic E-state index is 0.675. The molecule has 6 aromatic rings. The molecule has 0 N–H and O–H groups in total. The minimum Gasteiger partial charge on any atom is -0.248 e. The molecule has 0 aliphatic carbocycles. The summed E-state index contributed by atoms with van der Waals surface area (Å²) < 4.78 is 2.50. The van der Waals surface area contributed by atoms with Crippen LogP contribution in [0.3, 0.4) is 0 Å². The van der Waals surface area contributed by atoms with E-state index in [4.69, 9.17) is 10.2 Å². The van der Waals surface area contributed by atoms with Gasteiger partial charge in [-0.15, -0.1) is 11.3 Å². The lowest BCUT2D eigenvalue weighted by molar-refractivity contribution is 1.33. The molecule has 0 fully saturated rings. The Balaban J connectivity index is 1.55. The number of fused-ring (bicyclic) bond motifs is 3. The number of nitrogens with zero attached hydrogens (tertiary/aromatic N) is 2. The van der Waals surface area contributed by atoms with Gasteiger partial charge in [-0.05, 0) is 35.4 Å². The van der Waals surface area contributed by atoms with Crippen LogP contribution >= 0.6 is 11.3 Å². The van der Waals surface area contributed by atoms with Crippen LogP contribution in [0, 0.1) is 11.3 Å². The molecule has 33 heavy (non-hydrogen) atoms. The van der Waals surface area contributed by atoms with Gasteiger partial charge in [0.2, 0.25) is 0 Å². The van der Waals surface area contributed by atoms with Gasteiger partial charge in [0.05, 0.1) is 23.0 Å². The lowest BCUT2D eigenvalue weighted by Crippen LogP contribution is -1.87. The Morgan fingerprint density at radius 2 is 1.18 bits per heavy atom. The molecule has 0 saturated heterocycles. The molecular formula is C30H18N2S. The number of rotatable bonds is 3. The van der Waals surface area contributed by atoms with Crippen molar-refractivity contribution >= 4 is 31.5 Å². The summed E-state index contributed by atoms with van der Waals surface area (Å²) in [4.78, 5) is 5.01. The average Bonchev–Trinajstić information content (AvgIpc) is 3.28. The summed E-state index contributed by atoms with van der Waals surface area (Å²) in [5.74, 6) is 0. The molecule has 2 nitrogen and oxygen atoms in total. The summed E-state index contributed by atoms with van der Waals surface area (Å²) in [7, 11) is 0. The molecule has 0 radical (unpaired) electrons. The first-order valence-corrected chi connectivity index (χ1v) is 11.6. The highest BCUT2D eigenvalue weighted by Gasteiger charge is 2.14. The van der Waals surface area contributed by atoms with Gasteiger partial charge in [-0.1, -0.05) is 84.9 Å². The summed E-state index contributed by atoms with van der Waals surface area (Å²) in [6.07, 6.45) is 0. The quantitative estimate of drug-likeness (QED) is 0.278. The number of pyridine rings is 1. The van der Waals surface area contributed by atoms with Gasteiger partial charge >= 0.3 is 0 Å². The van der Waals surface area contributed by atoms with E-state index in [1.807, 2.05) is 53.8 Å². The van der Waals surface area contributed by atoms with Crippen LogP contribution in [-0.4, -0.2) is 4.98 Å². The van der Waals surface area contributed by atoms with E-state index in [1.54, 1.807) is 0 Å². The van der Waals surface area contributed by atoms with E-state index >= 15 is 0 Å². The van der Waals surface area contributed by atoms with Crippen molar-refractivity contribution in [1.82, 2.24) is 4.98 Å². The molecular weight excluding hydrogens is 420 g/mol. The van der Waals surface area contributed by atoms with E-state index in [2.05, 4.69) is 72.8 Å². The zero-order valence-electron chi connectivity index (χ0n) is 17.7. The van der Waals surface area contributed by atoms with E-state index < -0.39 is 0 Å². The van der Waals surface area contributed by atoms with Crippen molar-refractivity contribution in [2.75, 3.05) is 0 Å². The number of benzene rings is 4. The number of hydrogen-bond acceptors (Lipinski definition) is 3. The van der Waals surface area contributed by atoms with Crippen molar-refractivity contribution in [3.8, 4) is 39.7 Å². The van der Waals surface area contributed by atoms with E-state index in [0.29, 0.717) is 5.56 Å². The second kappa shape index (κ2) is 8.02. The van der Waals surface area contributed by atoms with Crippen LogP contribution in [0.2, 0.25) is 0 Å². The Morgan fingerprint density at radius 3 is 1.91 bits per heavy atom. The smallest absolute Gasteiger partial charge is 0.0991 e. The van der Waals surface area contributed by atoms with Crippen molar-refractivity contribution in [2.45, 2.75) is 0 Å². The topological polar surface area (TPSA) is 36.7 Å². The van der Waals surface area contributed by atoms with Crippen LogP contribution in [0.5, 0.6) is 0 Å². The number of hydrogen-bond donors (Lipinski definition) is 0. The monoisotopic (exact) mass is 438 g/mol. The van der Waals surface area contributed by atoms with Crippen LogP contribution in [0.4, 0.5) is 0 Å². The lowest BCUT2D eigenvalue weighted by atomic mass is 10.0.